The molecular formula is C52H58F2N6O9S2. The second-order valence-corrected chi connectivity index (χ2v) is 17.0. The molecule has 2 aliphatic rings. The van der Waals surface area contributed by atoms with Crippen LogP contribution in [-0.4, -0.2) is 78.0 Å². The molecule has 0 saturated heterocycles. The fraction of sp³-hybridized carbons (Fsp3) is 0.346. The summed E-state index contributed by atoms with van der Waals surface area (Å²) >= 11 is -1.50. The van der Waals surface area contributed by atoms with Crippen LogP contribution in [0.15, 0.2) is 110 Å². The van der Waals surface area contributed by atoms with Gasteiger partial charge in [-0.3, -0.25) is 4.79 Å². The number of benzene rings is 4. The molecule has 0 aliphatic heterocycles. The number of carbonyl (C=O) groups excluding carboxylic acids is 1. The Morgan fingerprint density at radius 3 is 1.30 bits per heavy atom. The molecule has 2 aromatic heterocycles. The van der Waals surface area contributed by atoms with Crippen LogP contribution in [0.1, 0.15) is 108 Å². The van der Waals surface area contributed by atoms with E-state index in [0.29, 0.717) is 23.6 Å². The van der Waals surface area contributed by atoms with Crippen molar-refractivity contribution in [3.05, 3.63) is 155 Å². The second-order valence-electron chi connectivity index (χ2n) is 16.7. The van der Waals surface area contributed by atoms with Gasteiger partial charge in [0, 0.05) is 36.9 Å². The van der Waals surface area contributed by atoms with E-state index in [-0.39, 0.29) is 35.3 Å². The molecule has 0 spiro atoms. The minimum atomic E-state index is -1.25. The van der Waals surface area contributed by atoms with Crippen molar-refractivity contribution in [3.8, 4) is 34.3 Å². The van der Waals surface area contributed by atoms with E-state index >= 15 is 0 Å². The standard InChI is InChI=1S/C26H28FN3O2.C14H11FO2.C12H19N3O.2O2S/c1-3-18-15-28-26(29-16-18)32-22-11-9-21(10-12-22)30-25(31)23-13-8-20(14-24(23)27)19-6-4-17(2)5-7-19;1-9-2-4-10(5-3-9)11-6-7-12(14(16)17)13(15)8-11;1-2-9-7-14-12(15-8-9)16-11-5-3-10(13)4-6-11;2*1-3-2/h4-8,13-16,21-22H,3,9-12H2,1-2H3,(H,30,31);2-8H,1H3,(H,16,17);7-8,10-11H,2-6,13H2,1H3;;. The van der Waals surface area contributed by atoms with Gasteiger partial charge in [0.15, 0.2) is 0 Å². The van der Waals surface area contributed by atoms with Crippen LogP contribution in [0.4, 0.5) is 8.78 Å². The van der Waals surface area contributed by atoms with Crippen LogP contribution in [0.3, 0.4) is 0 Å². The molecule has 1 amide bonds. The summed E-state index contributed by atoms with van der Waals surface area (Å²) in [5, 5.41) is 11.7. The highest BCUT2D eigenvalue weighted by Gasteiger charge is 2.26. The van der Waals surface area contributed by atoms with Crippen LogP contribution in [0.5, 0.6) is 12.0 Å². The normalized spacial score (nSPS) is 16.7. The molecule has 0 unspecified atom stereocenters. The van der Waals surface area contributed by atoms with Gasteiger partial charge in [0.25, 0.3) is 5.91 Å². The molecule has 8 rings (SSSR count). The summed E-state index contributed by atoms with van der Waals surface area (Å²) in [5.41, 5.74) is 13.3. The van der Waals surface area contributed by atoms with E-state index in [1.165, 1.54) is 18.2 Å². The molecule has 0 atom stereocenters. The average molecular weight is 1010 g/mol. The Hall–Kier alpha value is -6.96. The van der Waals surface area contributed by atoms with Gasteiger partial charge in [0.05, 0.1) is 11.1 Å². The van der Waals surface area contributed by atoms with Crippen LogP contribution in [0.25, 0.3) is 22.3 Å². The molecule has 2 saturated carbocycles. The Morgan fingerprint density at radius 2 is 0.944 bits per heavy atom. The second kappa shape index (κ2) is 29.9. The number of nitrogens with two attached hydrogens (primary N) is 1. The quantitative estimate of drug-likeness (QED) is 0.110. The Kier molecular flexibility index (Phi) is 23.9. The zero-order valence-corrected chi connectivity index (χ0v) is 41.6. The molecule has 4 aromatic carbocycles. The van der Waals surface area contributed by atoms with Crippen molar-refractivity contribution in [2.75, 3.05) is 0 Å². The first-order valence-electron chi connectivity index (χ1n) is 23.0. The number of amides is 1. The van der Waals surface area contributed by atoms with Crippen molar-refractivity contribution in [1.82, 2.24) is 25.3 Å². The number of rotatable bonds is 11. The lowest BCUT2D eigenvalue weighted by atomic mass is 9.92. The van der Waals surface area contributed by atoms with E-state index in [4.69, 9.17) is 37.1 Å². The number of aromatic carboxylic acids is 1. The van der Waals surface area contributed by atoms with Crippen molar-refractivity contribution in [1.29, 1.82) is 0 Å². The van der Waals surface area contributed by atoms with E-state index in [1.807, 2.05) is 74.8 Å². The van der Waals surface area contributed by atoms with Gasteiger partial charge in [-0.15, -0.1) is 0 Å². The third-order valence-corrected chi connectivity index (χ3v) is 11.6. The minimum absolute atomic E-state index is 0.00177. The average Bonchev–Trinajstić information content (AvgIpc) is 3.37. The number of carbonyl (C=O) groups is 2. The third-order valence-electron chi connectivity index (χ3n) is 11.6. The van der Waals surface area contributed by atoms with E-state index < -0.39 is 40.7 Å². The van der Waals surface area contributed by atoms with Crippen LogP contribution >= 0.6 is 0 Å². The van der Waals surface area contributed by atoms with Gasteiger partial charge in [-0.1, -0.05) is 85.6 Å². The maximum absolute atomic E-state index is 14.7. The van der Waals surface area contributed by atoms with Crippen molar-refractivity contribution >= 4 is 35.0 Å². The lowest BCUT2D eigenvalue weighted by molar-refractivity contribution is 0.0691. The Morgan fingerprint density at radius 1 is 0.592 bits per heavy atom. The van der Waals surface area contributed by atoms with Crippen LogP contribution in [0, 0.1) is 25.5 Å². The Bertz CT molecular complexity index is 2660. The minimum Gasteiger partial charge on any atom is -0.478 e. The number of halogens is 2. The molecule has 6 aromatic rings. The highest BCUT2D eigenvalue weighted by Crippen LogP contribution is 2.26. The van der Waals surface area contributed by atoms with Gasteiger partial charge in [-0.25, -0.2) is 33.5 Å². The number of carboxylic acid groups (broad SMARTS) is 1. The largest absolute Gasteiger partial charge is 0.478 e. The summed E-state index contributed by atoms with van der Waals surface area (Å²) in [7, 11) is 0. The summed E-state index contributed by atoms with van der Waals surface area (Å²) in [4.78, 5) is 40.2. The van der Waals surface area contributed by atoms with Crippen molar-refractivity contribution in [3.63, 3.8) is 0 Å². The van der Waals surface area contributed by atoms with Crippen LogP contribution in [0.2, 0.25) is 0 Å². The summed E-state index contributed by atoms with van der Waals surface area (Å²) in [6, 6.07) is 25.6. The molecule has 4 N–H and O–H groups in total. The predicted molar refractivity (Wildman–Crippen MR) is 266 cm³/mol. The fourth-order valence-electron chi connectivity index (χ4n) is 7.50. The third kappa shape index (κ3) is 19.0. The Balaban J connectivity index is 0.000000237. The summed E-state index contributed by atoms with van der Waals surface area (Å²) in [6.45, 7) is 8.12. The maximum atomic E-state index is 14.7. The molecular weight excluding hydrogens is 955 g/mol. The molecule has 71 heavy (non-hydrogen) atoms. The van der Waals surface area contributed by atoms with E-state index in [0.717, 1.165) is 103 Å². The lowest BCUT2D eigenvalue weighted by Crippen LogP contribution is -2.40. The van der Waals surface area contributed by atoms with Gasteiger partial charge < -0.3 is 25.6 Å². The SMILES string of the molecule is CCc1cnc(OC2CCC(N)CC2)nc1.CCc1cnc(OC2CCC(NC(=O)c3ccc(-c4ccc(C)cc4)cc3F)CC2)nc1.Cc1ccc(-c2ccc(C(=O)O)c(F)c2)cc1.O=S=O.O=S=O. The lowest BCUT2D eigenvalue weighted by Gasteiger charge is -2.29. The first-order valence-corrected chi connectivity index (χ1v) is 24.3. The highest BCUT2D eigenvalue weighted by molar-refractivity contribution is 7.51. The molecule has 0 radical (unpaired) electrons. The number of aryl methyl sites for hydroxylation is 4. The van der Waals surface area contributed by atoms with Gasteiger partial charge >= 0.3 is 41.1 Å². The van der Waals surface area contributed by atoms with E-state index in [9.17, 15) is 18.4 Å². The monoisotopic (exact) mass is 1010 g/mol. The van der Waals surface area contributed by atoms with Crippen molar-refractivity contribution in [2.45, 2.75) is 116 Å². The number of carboxylic acids is 1. The number of nitrogens with one attached hydrogen (secondary N) is 1. The van der Waals surface area contributed by atoms with Crippen LogP contribution in [-0.2, 0) is 36.0 Å². The predicted octanol–water partition coefficient (Wildman–Crippen LogP) is 9.12. The van der Waals surface area contributed by atoms with Crippen LogP contribution < -0.4 is 20.5 Å². The highest BCUT2D eigenvalue weighted by atomic mass is 32.1. The molecule has 19 heteroatoms. The van der Waals surface area contributed by atoms with E-state index in [2.05, 4.69) is 39.1 Å². The van der Waals surface area contributed by atoms with Gasteiger partial charge in [0.1, 0.15) is 23.8 Å². The molecule has 2 aliphatic carbocycles. The van der Waals surface area contributed by atoms with Crippen molar-refractivity contribution in [2.24, 2.45) is 5.73 Å². The molecule has 2 fully saturated rings. The number of nitrogens with zero attached hydrogens (tertiary/aromatic N) is 4. The van der Waals surface area contributed by atoms with Gasteiger partial charge in [-0.2, -0.15) is 16.8 Å². The molecule has 2 heterocycles. The van der Waals surface area contributed by atoms with E-state index in [1.54, 1.807) is 30.6 Å². The van der Waals surface area contributed by atoms with Gasteiger partial charge in [0.2, 0.25) is 0 Å². The van der Waals surface area contributed by atoms with Crippen molar-refractivity contribution < 1.29 is 49.8 Å². The number of aromatic nitrogens is 4. The van der Waals surface area contributed by atoms with Gasteiger partial charge in [-0.05, 0) is 136 Å². The maximum Gasteiger partial charge on any atom is 0.338 e. The summed E-state index contributed by atoms with van der Waals surface area (Å²) < 4.78 is 72.9. The molecule has 376 valence electrons. The fourth-order valence-corrected chi connectivity index (χ4v) is 7.50. The first kappa shape index (κ1) is 56.6. The topological polar surface area (TPSA) is 231 Å². The zero-order valence-electron chi connectivity index (χ0n) is 39.9. The number of ether oxygens (including phenoxy) is 2. The Labute approximate surface area is 419 Å². The number of hydrogen-bond acceptors (Lipinski definition) is 13. The molecule has 0 bridgehead atoms. The summed E-state index contributed by atoms with van der Waals surface area (Å²) in [6.07, 6.45) is 16.6. The molecule has 15 nitrogen and oxygen atoms in total. The zero-order chi connectivity index (χ0) is 51.7. The number of hydrogen-bond donors (Lipinski definition) is 3. The first-order chi connectivity index (χ1) is 34.2. The smallest absolute Gasteiger partial charge is 0.338 e. The summed E-state index contributed by atoms with van der Waals surface area (Å²) in [5.74, 6) is -2.85.